The average Bonchev–Trinajstić information content (AvgIpc) is 2.15. The number of hydrogen-bond donors (Lipinski definition) is 1. The zero-order valence-electron chi connectivity index (χ0n) is 8.84. The summed E-state index contributed by atoms with van der Waals surface area (Å²) >= 11 is 11.9. The first-order valence-electron chi connectivity index (χ1n) is 4.88. The molecule has 0 aliphatic heterocycles. The van der Waals surface area contributed by atoms with Gasteiger partial charge in [-0.3, -0.25) is 0 Å². The highest BCUT2D eigenvalue weighted by atomic mass is 35.5. The van der Waals surface area contributed by atoms with E-state index in [-0.39, 0.29) is 12.1 Å². The van der Waals surface area contributed by atoms with Crippen LogP contribution in [0.25, 0.3) is 0 Å². The molecule has 2 atom stereocenters. The van der Waals surface area contributed by atoms with E-state index >= 15 is 0 Å². The quantitative estimate of drug-likeness (QED) is 0.886. The van der Waals surface area contributed by atoms with Crippen molar-refractivity contribution >= 4 is 23.2 Å². The first-order valence-corrected chi connectivity index (χ1v) is 5.64. The molecule has 0 heterocycles. The lowest BCUT2D eigenvalue weighted by molar-refractivity contribution is 0.0476. The molecular weight excluding hydrogens is 233 g/mol. The monoisotopic (exact) mass is 247 g/mol. The molecule has 0 aliphatic rings. The van der Waals surface area contributed by atoms with E-state index in [1.807, 2.05) is 19.9 Å². The third-order valence-corrected chi connectivity index (χ3v) is 2.66. The van der Waals surface area contributed by atoms with Gasteiger partial charge in [0.15, 0.2) is 0 Å². The number of hydrogen-bond acceptors (Lipinski definition) is 2. The molecule has 1 aromatic carbocycles. The summed E-state index contributed by atoms with van der Waals surface area (Å²) in [7, 11) is 0. The second-order valence-corrected chi connectivity index (χ2v) is 4.24. The minimum Gasteiger partial charge on any atom is -0.372 e. The van der Waals surface area contributed by atoms with E-state index in [2.05, 4.69) is 0 Å². The molecular formula is C11H15Cl2NO. The molecule has 0 saturated carbocycles. The highest BCUT2D eigenvalue weighted by Gasteiger charge is 2.19. The number of benzene rings is 1. The second-order valence-electron chi connectivity index (χ2n) is 3.40. The molecule has 2 N–H and O–H groups in total. The Morgan fingerprint density at radius 3 is 2.53 bits per heavy atom. The minimum absolute atomic E-state index is 0.108. The van der Waals surface area contributed by atoms with Crippen LogP contribution in [0.5, 0.6) is 0 Å². The first kappa shape index (κ1) is 12.8. The molecule has 0 radical (unpaired) electrons. The molecule has 0 aromatic heterocycles. The summed E-state index contributed by atoms with van der Waals surface area (Å²) in [5, 5.41) is 1.21. The van der Waals surface area contributed by atoms with Gasteiger partial charge >= 0.3 is 0 Å². The van der Waals surface area contributed by atoms with Crippen molar-refractivity contribution in [3.05, 3.63) is 33.8 Å². The summed E-state index contributed by atoms with van der Waals surface area (Å²) in [5.74, 6) is 0. The fourth-order valence-corrected chi connectivity index (χ4v) is 1.95. The molecule has 0 fully saturated rings. The van der Waals surface area contributed by atoms with E-state index in [1.165, 1.54) is 0 Å². The lowest BCUT2D eigenvalue weighted by Crippen LogP contribution is -2.27. The molecule has 84 valence electrons. The lowest BCUT2D eigenvalue weighted by Gasteiger charge is -2.22. The highest BCUT2D eigenvalue weighted by Crippen LogP contribution is 2.29. The number of halogens is 2. The maximum atomic E-state index is 6.08. The summed E-state index contributed by atoms with van der Waals surface area (Å²) in [4.78, 5) is 0. The largest absolute Gasteiger partial charge is 0.372 e. The number of ether oxygens (including phenoxy) is 1. The summed E-state index contributed by atoms with van der Waals surface area (Å²) < 4.78 is 5.56. The van der Waals surface area contributed by atoms with E-state index in [0.29, 0.717) is 16.7 Å². The predicted molar refractivity (Wildman–Crippen MR) is 64.5 cm³/mol. The lowest BCUT2D eigenvalue weighted by atomic mass is 10.0. The van der Waals surface area contributed by atoms with Gasteiger partial charge in [0.05, 0.1) is 6.10 Å². The van der Waals surface area contributed by atoms with Crippen molar-refractivity contribution in [2.24, 2.45) is 5.73 Å². The molecule has 1 rings (SSSR count). The van der Waals surface area contributed by atoms with Crippen molar-refractivity contribution in [1.29, 1.82) is 0 Å². The molecule has 0 bridgehead atoms. The second kappa shape index (κ2) is 5.71. The van der Waals surface area contributed by atoms with Crippen LogP contribution < -0.4 is 5.73 Å². The zero-order valence-corrected chi connectivity index (χ0v) is 10.3. The Morgan fingerprint density at radius 2 is 2.07 bits per heavy atom. The van der Waals surface area contributed by atoms with Gasteiger partial charge < -0.3 is 10.5 Å². The molecule has 2 unspecified atom stereocenters. The van der Waals surface area contributed by atoms with Gasteiger partial charge in [0, 0.05) is 28.3 Å². The van der Waals surface area contributed by atoms with Crippen molar-refractivity contribution in [3.8, 4) is 0 Å². The van der Waals surface area contributed by atoms with Crippen LogP contribution in [0.4, 0.5) is 0 Å². The van der Waals surface area contributed by atoms with Gasteiger partial charge in [-0.25, -0.2) is 0 Å². The van der Waals surface area contributed by atoms with Crippen LogP contribution >= 0.6 is 23.2 Å². The smallest absolute Gasteiger partial charge is 0.0987 e. The highest BCUT2D eigenvalue weighted by molar-refractivity contribution is 6.35. The summed E-state index contributed by atoms with van der Waals surface area (Å²) in [6.07, 6.45) is -0.181. The zero-order chi connectivity index (χ0) is 11.4. The molecule has 0 spiro atoms. The Kier molecular flexibility index (Phi) is 4.87. The van der Waals surface area contributed by atoms with E-state index in [0.717, 1.165) is 5.56 Å². The number of nitrogens with two attached hydrogens (primary N) is 1. The standard InChI is InChI=1S/C11H15Cl2NO/c1-3-15-11(7(2)14)9-5-4-8(12)6-10(9)13/h4-7,11H,3,14H2,1-2H3. The van der Waals surface area contributed by atoms with Gasteiger partial charge in [0.25, 0.3) is 0 Å². The van der Waals surface area contributed by atoms with Crippen LogP contribution in [-0.4, -0.2) is 12.6 Å². The molecule has 0 aliphatic carbocycles. The summed E-state index contributed by atoms with van der Waals surface area (Å²) in [5.41, 5.74) is 6.73. The van der Waals surface area contributed by atoms with Crippen molar-refractivity contribution in [2.45, 2.75) is 26.0 Å². The van der Waals surface area contributed by atoms with Crippen molar-refractivity contribution in [2.75, 3.05) is 6.61 Å². The average molecular weight is 248 g/mol. The first-order chi connectivity index (χ1) is 7.06. The third kappa shape index (κ3) is 3.35. The van der Waals surface area contributed by atoms with E-state index < -0.39 is 0 Å². The van der Waals surface area contributed by atoms with E-state index in [1.54, 1.807) is 12.1 Å². The maximum Gasteiger partial charge on any atom is 0.0987 e. The Morgan fingerprint density at radius 1 is 1.40 bits per heavy atom. The van der Waals surface area contributed by atoms with Crippen molar-refractivity contribution < 1.29 is 4.74 Å². The fourth-order valence-electron chi connectivity index (χ4n) is 1.44. The normalized spacial score (nSPS) is 15.0. The Labute approximate surface area is 100 Å². The molecule has 2 nitrogen and oxygen atoms in total. The summed E-state index contributed by atoms with van der Waals surface area (Å²) in [6, 6.07) is 5.24. The van der Waals surface area contributed by atoms with Crippen LogP contribution in [0.3, 0.4) is 0 Å². The van der Waals surface area contributed by atoms with Crippen LogP contribution in [0.1, 0.15) is 25.5 Å². The number of rotatable bonds is 4. The van der Waals surface area contributed by atoms with Gasteiger partial charge in [-0.15, -0.1) is 0 Å². The van der Waals surface area contributed by atoms with Crippen LogP contribution in [0.15, 0.2) is 18.2 Å². The SMILES string of the molecule is CCOC(c1ccc(Cl)cc1Cl)C(C)N. The molecule has 1 aromatic rings. The van der Waals surface area contributed by atoms with Crippen LogP contribution in [0, 0.1) is 0 Å². The predicted octanol–water partition coefficient (Wildman–Crippen LogP) is 3.42. The molecule has 0 saturated heterocycles. The summed E-state index contributed by atoms with van der Waals surface area (Å²) in [6.45, 7) is 4.43. The molecule has 0 amide bonds. The van der Waals surface area contributed by atoms with Crippen LogP contribution in [0.2, 0.25) is 10.0 Å². The van der Waals surface area contributed by atoms with Gasteiger partial charge in [-0.1, -0.05) is 29.3 Å². The van der Waals surface area contributed by atoms with E-state index in [4.69, 9.17) is 33.7 Å². The Hall–Kier alpha value is -0.280. The van der Waals surface area contributed by atoms with Crippen LogP contribution in [-0.2, 0) is 4.74 Å². The topological polar surface area (TPSA) is 35.2 Å². The third-order valence-electron chi connectivity index (χ3n) is 2.09. The molecule has 4 heteroatoms. The fraction of sp³-hybridized carbons (Fsp3) is 0.455. The minimum atomic E-state index is -0.181. The van der Waals surface area contributed by atoms with Gasteiger partial charge in [0.2, 0.25) is 0 Å². The van der Waals surface area contributed by atoms with Crippen molar-refractivity contribution in [3.63, 3.8) is 0 Å². The molecule has 15 heavy (non-hydrogen) atoms. The van der Waals surface area contributed by atoms with E-state index in [9.17, 15) is 0 Å². The Bertz CT molecular complexity index is 328. The Balaban J connectivity index is 3.00. The van der Waals surface area contributed by atoms with Gasteiger partial charge in [-0.05, 0) is 26.0 Å². The van der Waals surface area contributed by atoms with Gasteiger partial charge in [0.1, 0.15) is 0 Å². The van der Waals surface area contributed by atoms with Crippen molar-refractivity contribution in [1.82, 2.24) is 0 Å². The maximum absolute atomic E-state index is 6.08. The van der Waals surface area contributed by atoms with Gasteiger partial charge in [-0.2, -0.15) is 0 Å².